The molecule has 1 N–H and O–H groups in total. The molecule has 0 saturated carbocycles. The number of aryl methyl sites for hydroxylation is 1. The standard InChI is InChI=1S/C20H36N2O/c1-7-8-13-21-19-11-12-20(23-6)18(15-19)10-9-14-22(16(2)3)17(4)5/h11-12,15-17,21H,7-10,13-14H2,1-6H3. The summed E-state index contributed by atoms with van der Waals surface area (Å²) in [6, 6.07) is 7.65. The summed E-state index contributed by atoms with van der Waals surface area (Å²) in [6.45, 7) is 13.5. The van der Waals surface area contributed by atoms with E-state index in [1.807, 2.05) is 0 Å². The predicted molar refractivity (Wildman–Crippen MR) is 102 cm³/mol. The Bertz CT molecular complexity index is 435. The first-order valence-electron chi connectivity index (χ1n) is 9.16. The zero-order valence-electron chi connectivity index (χ0n) is 16.0. The number of unbranched alkanes of at least 4 members (excludes halogenated alkanes) is 1. The highest BCUT2D eigenvalue weighted by molar-refractivity contribution is 5.51. The summed E-state index contributed by atoms with van der Waals surface area (Å²) in [5.74, 6) is 1.01. The van der Waals surface area contributed by atoms with Gasteiger partial charge in [-0.15, -0.1) is 0 Å². The van der Waals surface area contributed by atoms with Crippen molar-refractivity contribution in [2.75, 3.05) is 25.5 Å². The Morgan fingerprint density at radius 3 is 2.35 bits per heavy atom. The second kappa shape index (κ2) is 10.5. The quantitative estimate of drug-likeness (QED) is 0.583. The van der Waals surface area contributed by atoms with E-state index in [4.69, 9.17) is 4.74 Å². The summed E-state index contributed by atoms with van der Waals surface area (Å²) in [6.07, 6.45) is 4.64. The van der Waals surface area contributed by atoms with E-state index < -0.39 is 0 Å². The number of rotatable bonds is 11. The van der Waals surface area contributed by atoms with E-state index >= 15 is 0 Å². The molecule has 0 bridgehead atoms. The summed E-state index contributed by atoms with van der Waals surface area (Å²) in [5, 5.41) is 3.51. The van der Waals surface area contributed by atoms with Crippen LogP contribution in [0.3, 0.4) is 0 Å². The lowest BCUT2D eigenvalue weighted by Crippen LogP contribution is -2.37. The second-order valence-corrected chi connectivity index (χ2v) is 6.84. The Labute approximate surface area is 143 Å². The van der Waals surface area contributed by atoms with Crippen molar-refractivity contribution in [3.8, 4) is 5.75 Å². The monoisotopic (exact) mass is 320 g/mol. The fourth-order valence-electron chi connectivity index (χ4n) is 3.06. The molecule has 1 aromatic carbocycles. The van der Waals surface area contributed by atoms with Crippen LogP contribution in [0.25, 0.3) is 0 Å². The molecule has 0 aromatic heterocycles. The summed E-state index contributed by atoms with van der Waals surface area (Å²) >= 11 is 0. The highest BCUT2D eigenvalue weighted by Crippen LogP contribution is 2.24. The largest absolute Gasteiger partial charge is 0.496 e. The first kappa shape index (κ1) is 19.8. The predicted octanol–water partition coefficient (Wildman–Crippen LogP) is 4.96. The number of nitrogens with zero attached hydrogens (tertiary/aromatic N) is 1. The molecule has 0 aliphatic rings. The van der Waals surface area contributed by atoms with Crippen LogP contribution in [0, 0.1) is 0 Å². The molecule has 3 nitrogen and oxygen atoms in total. The average molecular weight is 321 g/mol. The van der Waals surface area contributed by atoms with E-state index in [-0.39, 0.29) is 0 Å². The first-order chi connectivity index (χ1) is 11.0. The van der Waals surface area contributed by atoms with Crippen molar-refractivity contribution in [3.63, 3.8) is 0 Å². The summed E-state index contributed by atoms with van der Waals surface area (Å²) < 4.78 is 5.54. The van der Waals surface area contributed by atoms with Crippen LogP contribution >= 0.6 is 0 Å². The molecule has 0 saturated heterocycles. The molecule has 1 aromatic rings. The van der Waals surface area contributed by atoms with Gasteiger partial charge in [-0.3, -0.25) is 4.90 Å². The molecule has 0 spiro atoms. The third-order valence-corrected chi connectivity index (χ3v) is 4.33. The molecular formula is C20H36N2O. The van der Waals surface area contributed by atoms with Crippen LogP contribution in [0.15, 0.2) is 18.2 Å². The minimum atomic E-state index is 0.596. The van der Waals surface area contributed by atoms with Gasteiger partial charge in [0.2, 0.25) is 0 Å². The molecule has 0 aliphatic heterocycles. The lowest BCUT2D eigenvalue weighted by Gasteiger charge is -2.30. The molecule has 0 heterocycles. The van der Waals surface area contributed by atoms with Gasteiger partial charge in [0.25, 0.3) is 0 Å². The van der Waals surface area contributed by atoms with Crippen molar-refractivity contribution >= 4 is 5.69 Å². The van der Waals surface area contributed by atoms with Gasteiger partial charge < -0.3 is 10.1 Å². The van der Waals surface area contributed by atoms with Crippen LogP contribution in [-0.4, -0.2) is 37.2 Å². The summed E-state index contributed by atoms with van der Waals surface area (Å²) in [4.78, 5) is 2.55. The van der Waals surface area contributed by atoms with Gasteiger partial charge in [0, 0.05) is 24.3 Å². The van der Waals surface area contributed by atoms with E-state index in [0.29, 0.717) is 12.1 Å². The lowest BCUT2D eigenvalue weighted by molar-refractivity contribution is 0.173. The maximum absolute atomic E-state index is 5.54. The number of ether oxygens (including phenoxy) is 1. The van der Waals surface area contributed by atoms with Crippen molar-refractivity contribution in [1.29, 1.82) is 0 Å². The molecule has 0 fully saturated rings. The highest BCUT2D eigenvalue weighted by Gasteiger charge is 2.13. The Balaban J connectivity index is 2.64. The van der Waals surface area contributed by atoms with E-state index in [1.54, 1.807) is 7.11 Å². The van der Waals surface area contributed by atoms with E-state index in [2.05, 4.69) is 63.0 Å². The molecule has 23 heavy (non-hydrogen) atoms. The molecular weight excluding hydrogens is 284 g/mol. The van der Waals surface area contributed by atoms with Gasteiger partial charge in [0.05, 0.1) is 7.11 Å². The second-order valence-electron chi connectivity index (χ2n) is 6.84. The average Bonchev–Trinajstić information content (AvgIpc) is 2.51. The minimum Gasteiger partial charge on any atom is -0.496 e. The molecule has 0 amide bonds. The van der Waals surface area contributed by atoms with Crippen LogP contribution in [0.5, 0.6) is 5.75 Å². The molecule has 0 radical (unpaired) electrons. The number of hydrogen-bond donors (Lipinski definition) is 1. The third-order valence-electron chi connectivity index (χ3n) is 4.33. The van der Waals surface area contributed by atoms with Crippen molar-refractivity contribution in [3.05, 3.63) is 23.8 Å². The molecule has 3 heteroatoms. The Morgan fingerprint density at radius 2 is 1.78 bits per heavy atom. The van der Waals surface area contributed by atoms with Gasteiger partial charge in [-0.2, -0.15) is 0 Å². The third kappa shape index (κ3) is 6.82. The topological polar surface area (TPSA) is 24.5 Å². The summed E-state index contributed by atoms with van der Waals surface area (Å²) in [5.41, 5.74) is 2.51. The van der Waals surface area contributed by atoms with Crippen LogP contribution in [0.2, 0.25) is 0 Å². The fraction of sp³-hybridized carbons (Fsp3) is 0.700. The number of anilines is 1. The Hall–Kier alpha value is -1.22. The first-order valence-corrected chi connectivity index (χ1v) is 9.16. The number of nitrogens with one attached hydrogen (secondary N) is 1. The lowest BCUT2D eigenvalue weighted by atomic mass is 10.1. The Kier molecular flexibility index (Phi) is 9.08. The van der Waals surface area contributed by atoms with Crippen LogP contribution in [0.1, 0.15) is 59.4 Å². The van der Waals surface area contributed by atoms with Gasteiger partial charge >= 0.3 is 0 Å². The zero-order chi connectivity index (χ0) is 17.2. The van der Waals surface area contributed by atoms with Gasteiger partial charge in [-0.05, 0) is 77.3 Å². The van der Waals surface area contributed by atoms with E-state index in [1.165, 1.54) is 24.1 Å². The van der Waals surface area contributed by atoms with Crippen LogP contribution in [0.4, 0.5) is 5.69 Å². The molecule has 132 valence electrons. The van der Waals surface area contributed by atoms with Crippen LogP contribution < -0.4 is 10.1 Å². The minimum absolute atomic E-state index is 0.596. The van der Waals surface area contributed by atoms with Gasteiger partial charge in [-0.1, -0.05) is 13.3 Å². The Morgan fingerprint density at radius 1 is 1.09 bits per heavy atom. The fourth-order valence-corrected chi connectivity index (χ4v) is 3.06. The number of hydrogen-bond acceptors (Lipinski definition) is 3. The number of methoxy groups -OCH3 is 1. The maximum Gasteiger partial charge on any atom is 0.122 e. The zero-order valence-corrected chi connectivity index (χ0v) is 16.0. The SMILES string of the molecule is CCCCNc1ccc(OC)c(CCCN(C(C)C)C(C)C)c1. The van der Waals surface area contributed by atoms with Crippen LogP contribution in [-0.2, 0) is 6.42 Å². The van der Waals surface area contributed by atoms with Gasteiger partial charge in [0.15, 0.2) is 0 Å². The van der Waals surface area contributed by atoms with Gasteiger partial charge in [-0.25, -0.2) is 0 Å². The maximum atomic E-state index is 5.54. The normalized spacial score (nSPS) is 11.5. The van der Waals surface area contributed by atoms with Crippen molar-refractivity contribution < 1.29 is 4.74 Å². The van der Waals surface area contributed by atoms with Gasteiger partial charge in [0.1, 0.15) is 5.75 Å². The van der Waals surface area contributed by atoms with E-state index in [0.717, 1.165) is 31.7 Å². The highest BCUT2D eigenvalue weighted by atomic mass is 16.5. The molecule has 0 aliphatic carbocycles. The smallest absolute Gasteiger partial charge is 0.122 e. The molecule has 0 atom stereocenters. The summed E-state index contributed by atoms with van der Waals surface area (Å²) in [7, 11) is 1.76. The van der Waals surface area contributed by atoms with Crippen molar-refractivity contribution in [2.24, 2.45) is 0 Å². The molecule has 0 unspecified atom stereocenters. The van der Waals surface area contributed by atoms with Crippen molar-refractivity contribution in [1.82, 2.24) is 4.90 Å². The number of benzene rings is 1. The molecule has 1 rings (SSSR count). The van der Waals surface area contributed by atoms with Crippen molar-refractivity contribution in [2.45, 2.75) is 72.4 Å². The van der Waals surface area contributed by atoms with E-state index in [9.17, 15) is 0 Å².